The van der Waals surface area contributed by atoms with Gasteiger partial charge in [0, 0.05) is 12.1 Å². The van der Waals surface area contributed by atoms with Gasteiger partial charge >= 0.3 is 5.97 Å². The van der Waals surface area contributed by atoms with E-state index < -0.39 is 16.9 Å². The van der Waals surface area contributed by atoms with Crippen LogP contribution in [0.3, 0.4) is 0 Å². The Bertz CT molecular complexity index is 643. The van der Waals surface area contributed by atoms with Crippen LogP contribution >= 0.6 is 11.6 Å². The lowest BCUT2D eigenvalue weighted by Gasteiger charge is -2.22. The lowest BCUT2D eigenvalue weighted by atomic mass is 9.89. The molecule has 1 unspecified atom stereocenters. The van der Waals surface area contributed by atoms with E-state index in [0.717, 1.165) is 38.2 Å². The summed E-state index contributed by atoms with van der Waals surface area (Å²) in [6.07, 6.45) is 3.65. The maximum absolute atomic E-state index is 12.1. The van der Waals surface area contributed by atoms with Gasteiger partial charge in [0.15, 0.2) is 6.10 Å². The molecule has 1 fully saturated rings. The number of anilines is 1. The largest absolute Gasteiger partial charge is 0.452 e. The van der Waals surface area contributed by atoms with Gasteiger partial charge in [-0.3, -0.25) is 19.7 Å². The molecule has 24 heavy (non-hydrogen) atoms. The number of non-ortho nitro benzene ring substituents is 1. The second kappa shape index (κ2) is 8.10. The van der Waals surface area contributed by atoms with Gasteiger partial charge in [0.1, 0.15) is 0 Å². The summed E-state index contributed by atoms with van der Waals surface area (Å²) in [5.74, 6) is -1.11. The Labute approximate surface area is 144 Å². The summed E-state index contributed by atoms with van der Waals surface area (Å²) in [5.41, 5.74) is -0.0852. The molecular formula is C16H19ClN2O5. The lowest BCUT2D eigenvalue weighted by molar-refractivity contribution is -0.384. The first-order valence-corrected chi connectivity index (χ1v) is 8.21. The van der Waals surface area contributed by atoms with Crippen LogP contribution in [0.25, 0.3) is 0 Å². The molecule has 130 valence electrons. The van der Waals surface area contributed by atoms with Crippen molar-refractivity contribution in [3.05, 3.63) is 33.3 Å². The van der Waals surface area contributed by atoms with E-state index in [9.17, 15) is 19.7 Å². The average Bonchev–Trinajstić information content (AvgIpc) is 2.57. The van der Waals surface area contributed by atoms with E-state index in [1.165, 1.54) is 19.1 Å². The monoisotopic (exact) mass is 354 g/mol. The predicted molar refractivity (Wildman–Crippen MR) is 88.9 cm³/mol. The Morgan fingerprint density at radius 2 is 2.00 bits per heavy atom. The molecular weight excluding hydrogens is 336 g/mol. The van der Waals surface area contributed by atoms with Crippen LogP contribution in [0.1, 0.15) is 39.0 Å². The fraction of sp³-hybridized carbons (Fsp3) is 0.500. The highest BCUT2D eigenvalue weighted by Crippen LogP contribution is 2.27. The van der Waals surface area contributed by atoms with Crippen molar-refractivity contribution in [1.29, 1.82) is 0 Å². The van der Waals surface area contributed by atoms with Gasteiger partial charge in [-0.05, 0) is 25.8 Å². The van der Waals surface area contributed by atoms with Gasteiger partial charge < -0.3 is 10.1 Å². The zero-order valence-corrected chi connectivity index (χ0v) is 14.0. The van der Waals surface area contributed by atoms with Crippen molar-refractivity contribution in [2.24, 2.45) is 5.92 Å². The van der Waals surface area contributed by atoms with Crippen molar-refractivity contribution >= 4 is 34.9 Å². The quantitative estimate of drug-likeness (QED) is 0.493. The zero-order chi connectivity index (χ0) is 17.7. The van der Waals surface area contributed by atoms with E-state index in [-0.39, 0.29) is 28.3 Å². The van der Waals surface area contributed by atoms with Gasteiger partial charge in [-0.15, -0.1) is 0 Å². The van der Waals surface area contributed by atoms with Crippen LogP contribution in [0.4, 0.5) is 11.4 Å². The minimum atomic E-state index is -1.00. The third-order valence-corrected chi connectivity index (χ3v) is 4.35. The Morgan fingerprint density at radius 3 is 2.62 bits per heavy atom. The fourth-order valence-electron chi connectivity index (χ4n) is 2.62. The highest BCUT2D eigenvalue weighted by Gasteiger charge is 2.26. The van der Waals surface area contributed by atoms with Crippen molar-refractivity contribution in [2.45, 2.75) is 45.1 Å². The number of benzene rings is 1. The first-order chi connectivity index (χ1) is 11.4. The molecule has 0 spiro atoms. The third-order valence-electron chi connectivity index (χ3n) is 4.02. The summed E-state index contributed by atoms with van der Waals surface area (Å²) in [6.45, 7) is 1.46. The highest BCUT2D eigenvalue weighted by atomic mass is 35.5. The number of hydrogen-bond acceptors (Lipinski definition) is 5. The van der Waals surface area contributed by atoms with Gasteiger partial charge in [-0.25, -0.2) is 0 Å². The van der Waals surface area contributed by atoms with Crippen LogP contribution in [-0.2, 0) is 14.3 Å². The first-order valence-electron chi connectivity index (χ1n) is 7.84. The van der Waals surface area contributed by atoms with Gasteiger partial charge in [0.05, 0.1) is 21.6 Å². The summed E-state index contributed by atoms with van der Waals surface area (Å²) in [6, 6.07) is 3.73. The molecule has 2 rings (SSSR count). The van der Waals surface area contributed by atoms with Gasteiger partial charge in [0.2, 0.25) is 0 Å². The molecule has 1 atom stereocenters. The van der Waals surface area contributed by atoms with Crippen LogP contribution in [0.15, 0.2) is 18.2 Å². The third kappa shape index (κ3) is 4.67. The van der Waals surface area contributed by atoms with E-state index in [1.54, 1.807) is 0 Å². The molecule has 1 N–H and O–H groups in total. The van der Waals surface area contributed by atoms with Gasteiger partial charge in [-0.2, -0.15) is 0 Å². The molecule has 0 radical (unpaired) electrons. The lowest BCUT2D eigenvalue weighted by Crippen LogP contribution is -2.33. The van der Waals surface area contributed by atoms with E-state index in [4.69, 9.17) is 16.3 Å². The maximum atomic E-state index is 12.1. The van der Waals surface area contributed by atoms with Gasteiger partial charge in [0.25, 0.3) is 11.6 Å². The van der Waals surface area contributed by atoms with Crippen LogP contribution in [-0.4, -0.2) is 22.9 Å². The van der Waals surface area contributed by atoms with Crippen molar-refractivity contribution < 1.29 is 19.2 Å². The molecule has 1 saturated carbocycles. The summed E-state index contributed by atoms with van der Waals surface area (Å²) in [4.78, 5) is 34.4. The average molecular weight is 355 g/mol. The number of nitro groups is 1. The molecule has 8 heteroatoms. The van der Waals surface area contributed by atoms with Crippen molar-refractivity contribution in [1.82, 2.24) is 0 Å². The van der Waals surface area contributed by atoms with Crippen LogP contribution < -0.4 is 5.32 Å². The normalized spacial score (nSPS) is 16.2. The SMILES string of the molecule is CC(OC(=O)C1CCCCC1)C(=O)Nc1cc([N+](=O)[O-])ccc1Cl. The van der Waals surface area contributed by atoms with E-state index in [0.29, 0.717) is 0 Å². The van der Waals surface area contributed by atoms with Crippen LogP contribution in [0.2, 0.25) is 5.02 Å². The predicted octanol–water partition coefficient (Wildman–Crippen LogP) is 3.70. The minimum Gasteiger partial charge on any atom is -0.452 e. The molecule has 0 bridgehead atoms. The number of ether oxygens (including phenoxy) is 1. The van der Waals surface area contributed by atoms with Crippen molar-refractivity contribution in [3.63, 3.8) is 0 Å². The molecule has 0 aliphatic heterocycles. The molecule has 0 saturated heterocycles. The van der Waals surface area contributed by atoms with E-state index >= 15 is 0 Å². The summed E-state index contributed by atoms with van der Waals surface area (Å²) < 4.78 is 5.21. The summed E-state index contributed by atoms with van der Waals surface area (Å²) >= 11 is 5.93. The molecule has 0 aromatic heterocycles. The number of amides is 1. The molecule has 1 amide bonds. The molecule has 1 aromatic rings. The number of esters is 1. The Morgan fingerprint density at radius 1 is 1.33 bits per heavy atom. The van der Waals surface area contributed by atoms with Crippen LogP contribution in [0, 0.1) is 16.0 Å². The second-order valence-corrected chi connectivity index (χ2v) is 6.23. The van der Waals surface area contributed by atoms with E-state index in [2.05, 4.69) is 5.32 Å². The smallest absolute Gasteiger partial charge is 0.309 e. The fourth-order valence-corrected chi connectivity index (χ4v) is 2.78. The Hall–Kier alpha value is -2.15. The van der Waals surface area contributed by atoms with Gasteiger partial charge in [-0.1, -0.05) is 30.9 Å². The molecule has 7 nitrogen and oxygen atoms in total. The second-order valence-electron chi connectivity index (χ2n) is 5.82. The van der Waals surface area contributed by atoms with Crippen LogP contribution in [0.5, 0.6) is 0 Å². The summed E-state index contributed by atoms with van der Waals surface area (Å²) in [5, 5.41) is 13.4. The molecule has 1 aliphatic rings. The molecule has 1 aliphatic carbocycles. The molecule has 0 heterocycles. The van der Waals surface area contributed by atoms with Crippen molar-refractivity contribution in [3.8, 4) is 0 Å². The Kier molecular flexibility index (Phi) is 6.14. The number of nitrogens with zero attached hydrogens (tertiary/aromatic N) is 1. The standard InChI is InChI=1S/C16H19ClN2O5/c1-10(24-16(21)11-5-3-2-4-6-11)15(20)18-14-9-12(19(22)23)7-8-13(14)17/h7-11H,2-6H2,1H3,(H,18,20). The zero-order valence-electron chi connectivity index (χ0n) is 13.3. The molecule has 1 aromatic carbocycles. The Balaban J connectivity index is 1.97. The van der Waals surface area contributed by atoms with Crippen molar-refractivity contribution in [2.75, 3.05) is 5.32 Å². The minimum absolute atomic E-state index is 0.108. The number of nitrogens with one attached hydrogen (secondary N) is 1. The number of hydrogen-bond donors (Lipinski definition) is 1. The summed E-state index contributed by atoms with van der Waals surface area (Å²) in [7, 11) is 0. The highest BCUT2D eigenvalue weighted by molar-refractivity contribution is 6.33. The number of nitro benzene ring substituents is 1. The number of halogens is 1. The number of rotatable bonds is 5. The number of carbonyl (C=O) groups is 2. The number of carbonyl (C=O) groups excluding carboxylic acids is 2. The first kappa shape index (κ1) is 18.2. The topological polar surface area (TPSA) is 98.5 Å². The maximum Gasteiger partial charge on any atom is 0.309 e. The van der Waals surface area contributed by atoms with E-state index in [1.807, 2.05) is 0 Å².